The molecule has 0 aliphatic heterocycles. The van der Waals surface area contributed by atoms with E-state index in [4.69, 9.17) is 9.47 Å². The predicted molar refractivity (Wildman–Crippen MR) is 79.4 cm³/mol. The van der Waals surface area contributed by atoms with E-state index >= 15 is 0 Å². The molecule has 0 aliphatic carbocycles. The Balaban J connectivity index is 2.96. The molecule has 1 rings (SSSR count). The summed E-state index contributed by atoms with van der Waals surface area (Å²) in [5, 5.41) is 3.13. The van der Waals surface area contributed by atoms with Crippen molar-refractivity contribution >= 4 is 5.95 Å². The molecular weight excluding hydrogens is 256 g/mol. The van der Waals surface area contributed by atoms with Crippen molar-refractivity contribution in [2.75, 3.05) is 11.9 Å². The van der Waals surface area contributed by atoms with Gasteiger partial charge in [-0.25, -0.2) is 0 Å². The van der Waals surface area contributed by atoms with Gasteiger partial charge >= 0.3 is 12.0 Å². The molecule has 1 aromatic rings. The zero-order valence-corrected chi connectivity index (χ0v) is 13.4. The third-order valence-electron chi connectivity index (χ3n) is 2.69. The van der Waals surface area contributed by atoms with Gasteiger partial charge in [-0.3, -0.25) is 0 Å². The summed E-state index contributed by atoms with van der Waals surface area (Å²) in [6, 6.07) is 0.580. The average molecular weight is 282 g/mol. The minimum absolute atomic E-state index is 0.00320. The van der Waals surface area contributed by atoms with E-state index < -0.39 is 0 Å². The lowest BCUT2D eigenvalue weighted by Crippen LogP contribution is -2.28. The van der Waals surface area contributed by atoms with Gasteiger partial charge in [-0.2, -0.15) is 9.97 Å². The molecular formula is C14H26N4O2. The average Bonchev–Trinajstić information content (AvgIpc) is 2.34. The number of hydrogen-bond donors (Lipinski definition) is 1. The largest absolute Gasteiger partial charge is 0.461 e. The van der Waals surface area contributed by atoms with E-state index in [-0.39, 0.29) is 17.7 Å². The summed E-state index contributed by atoms with van der Waals surface area (Å²) in [6.45, 7) is 12.8. The first kappa shape index (κ1) is 16.5. The maximum atomic E-state index is 5.81. The Bertz CT molecular complexity index is 422. The summed E-state index contributed by atoms with van der Waals surface area (Å²) in [4.78, 5) is 12.7. The molecule has 0 aromatic carbocycles. The first-order valence-electron chi connectivity index (χ1n) is 7.22. The molecule has 0 bridgehead atoms. The highest BCUT2D eigenvalue weighted by Gasteiger charge is 2.20. The van der Waals surface area contributed by atoms with E-state index in [1.165, 1.54) is 0 Å². The number of rotatable bonds is 8. The smallest absolute Gasteiger partial charge is 0.324 e. The summed E-state index contributed by atoms with van der Waals surface area (Å²) in [5.74, 6) is 0.486. The van der Waals surface area contributed by atoms with E-state index in [1.54, 1.807) is 0 Å². The Morgan fingerprint density at radius 1 is 1.10 bits per heavy atom. The molecule has 0 saturated carbocycles. The molecule has 20 heavy (non-hydrogen) atoms. The topological polar surface area (TPSA) is 69.2 Å². The van der Waals surface area contributed by atoms with Crippen molar-refractivity contribution in [3.63, 3.8) is 0 Å². The van der Waals surface area contributed by atoms with Crippen LogP contribution in [0.1, 0.15) is 54.4 Å². The number of hydrogen-bond acceptors (Lipinski definition) is 6. The van der Waals surface area contributed by atoms with Crippen LogP contribution < -0.4 is 14.8 Å². The Morgan fingerprint density at radius 3 is 2.30 bits per heavy atom. The second kappa shape index (κ2) is 7.26. The highest BCUT2D eigenvalue weighted by molar-refractivity contribution is 5.27. The first-order valence-corrected chi connectivity index (χ1v) is 7.22. The van der Waals surface area contributed by atoms with Gasteiger partial charge in [0.1, 0.15) is 5.60 Å². The van der Waals surface area contributed by atoms with Crippen LogP contribution in [-0.4, -0.2) is 33.2 Å². The molecule has 1 heterocycles. The molecule has 0 spiro atoms. The molecule has 114 valence electrons. The van der Waals surface area contributed by atoms with Crippen LogP contribution in [0.5, 0.6) is 12.0 Å². The van der Waals surface area contributed by atoms with Gasteiger partial charge in [0, 0.05) is 6.54 Å². The van der Waals surface area contributed by atoms with Crippen LogP contribution in [-0.2, 0) is 0 Å². The van der Waals surface area contributed by atoms with Crippen molar-refractivity contribution in [3.05, 3.63) is 0 Å². The van der Waals surface area contributed by atoms with Crippen molar-refractivity contribution in [1.82, 2.24) is 15.0 Å². The molecule has 0 aliphatic rings. The number of aromatic nitrogens is 3. The summed E-state index contributed by atoms with van der Waals surface area (Å²) < 4.78 is 11.4. The third-order valence-corrected chi connectivity index (χ3v) is 2.69. The molecule has 0 saturated heterocycles. The zero-order chi connectivity index (χ0) is 15.2. The Kier molecular flexibility index (Phi) is 5.98. The molecule has 0 unspecified atom stereocenters. The molecule has 1 aromatic heterocycles. The van der Waals surface area contributed by atoms with Crippen LogP contribution in [0.25, 0.3) is 0 Å². The Morgan fingerprint density at radius 2 is 1.75 bits per heavy atom. The van der Waals surface area contributed by atoms with Gasteiger partial charge in [-0.1, -0.05) is 13.8 Å². The molecule has 0 fully saturated rings. The summed E-state index contributed by atoms with van der Waals surface area (Å²) in [6.07, 6.45) is 1.85. The minimum Gasteiger partial charge on any atom is -0.461 e. The normalized spacial score (nSPS) is 11.6. The molecule has 0 atom stereocenters. The first-order chi connectivity index (χ1) is 9.36. The van der Waals surface area contributed by atoms with Crippen LogP contribution >= 0.6 is 0 Å². The van der Waals surface area contributed by atoms with Crippen LogP contribution in [0, 0.1) is 0 Å². The lowest BCUT2D eigenvalue weighted by molar-refractivity contribution is 0.0899. The zero-order valence-electron chi connectivity index (χ0n) is 13.4. The van der Waals surface area contributed by atoms with E-state index in [1.807, 2.05) is 27.7 Å². The third kappa shape index (κ3) is 5.59. The van der Waals surface area contributed by atoms with Crippen molar-refractivity contribution in [2.45, 2.75) is 66.1 Å². The van der Waals surface area contributed by atoms with Crippen LogP contribution in [0.2, 0.25) is 0 Å². The van der Waals surface area contributed by atoms with Gasteiger partial charge in [0.15, 0.2) is 0 Å². The monoisotopic (exact) mass is 282 g/mol. The Hall–Kier alpha value is -1.59. The number of nitrogens with one attached hydrogen (secondary N) is 1. The molecule has 0 radical (unpaired) electrons. The van der Waals surface area contributed by atoms with Gasteiger partial charge in [0.2, 0.25) is 5.95 Å². The maximum Gasteiger partial charge on any atom is 0.324 e. The molecule has 1 N–H and O–H groups in total. The number of anilines is 1. The predicted octanol–water partition coefficient (Wildman–Crippen LogP) is 3.05. The fourth-order valence-corrected chi connectivity index (χ4v) is 1.28. The van der Waals surface area contributed by atoms with E-state index in [0.29, 0.717) is 12.0 Å². The summed E-state index contributed by atoms with van der Waals surface area (Å²) >= 11 is 0. The summed E-state index contributed by atoms with van der Waals surface area (Å²) in [5.41, 5.74) is -0.321. The van der Waals surface area contributed by atoms with Crippen molar-refractivity contribution in [2.24, 2.45) is 0 Å². The summed E-state index contributed by atoms with van der Waals surface area (Å²) in [7, 11) is 0. The highest BCUT2D eigenvalue weighted by Crippen LogP contribution is 2.20. The number of nitrogens with zero attached hydrogens (tertiary/aromatic N) is 3. The number of ether oxygens (including phenoxy) is 2. The van der Waals surface area contributed by atoms with Gasteiger partial charge in [-0.05, 0) is 40.5 Å². The SMILES string of the molecule is CCCNc1nc(OC(C)C)nc(OC(C)(C)CC)n1. The van der Waals surface area contributed by atoms with Gasteiger partial charge < -0.3 is 14.8 Å². The van der Waals surface area contributed by atoms with E-state index in [0.717, 1.165) is 19.4 Å². The van der Waals surface area contributed by atoms with E-state index in [2.05, 4.69) is 34.1 Å². The maximum absolute atomic E-state index is 5.81. The van der Waals surface area contributed by atoms with Crippen LogP contribution in [0.15, 0.2) is 0 Å². The highest BCUT2D eigenvalue weighted by atomic mass is 16.5. The van der Waals surface area contributed by atoms with Crippen molar-refractivity contribution in [1.29, 1.82) is 0 Å². The molecule has 6 heteroatoms. The van der Waals surface area contributed by atoms with Gasteiger partial charge in [0.25, 0.3) is 0 Å². The lowest BCUT2D eigenvalue weighted by atomic mass is 10.1. The van der Waals surface area contributed by atoms with Crippen molar-refractivity contribution in [3.8, 4) is 12.0 Å². The quantitative estimate of drug-likeness (QED) is 0.790. The van der Waals surface area contributed by atoms with Gasteiger partial charge in [-0.15, -0.1) is 4.98 Å². The minimum atomic E-state index is -0.321. The van der Waals surface area contributed by atoms with Crippen molar-refractivity contribution < 1.29 is 9.47 Å². The fraction of sp³-hybridized carbons (Fsp3) is 0.786. The van der Waals surface area contributed by atoms with Crippen LogP contribution in [0.3, 0.4) is 0 Å². The second-order valence-corrected chi connectivity index (χ2v) is 5.53. The standard InChI is InChI=1S/C14H26N4O2/c1-7-9-15-11-16-12(19-10(3)4)18-13(17-11)20-14(5,6)8-2/h10H,7-9H2,1-6H3,(H,15,16,17,18). The second-order valence-electron chi connectivity index (χ2n) is 5.53. The fourth-order valence-electron chi connectivity index (χ4n) is 1.28. The molecule has 6 nitrogen and oxygen atoms in total. The van der Waals surface area contributed by atoms with Gasteiger partial charge in [0.05, 0.1) is 6.10 Å². The van der Waals surface area contributed by atoms with Crippen LogP contribution in [0.4, 0.5) is 5.95 Å². The molecule has 0 amide bonds. The van der Waals surface area contributed by atoms with E-state index in [9.17, 15) is 0 Å². The lowest BCUT2D eigenvalue weighted by Gasteiger charge is -2.23. The Labute approximate surface area is 121 Å².